The number of aliphatic hydroxyl groups is 1. The topological polar surface area (TPSA) is 46.2 Å². The van der Waals surface area contributed by atoms with Crippen molar-refractivity contribution in [2.75, 3.05) is 6.54 Å². The van der Waals surface area contributed by atoms with E-state index >= 15 is 0 Å². The summed E-state index contributed by atoms with van der Waals surface area (Å²) in [6, 6.07) is 7.32. The summed E-state index contributed by atoms with van der Waals surface area (Å²) in [6.07, 6.45) is 5.30. The van der Waals surface area contributed by atoms with Crippen molar-refractivity contribution in [3.05, 3.63) is 35.4 Å². The van der Waals surface area contributed by atoms with Gasteiger partial charge in [-0.15, -0.1) is 6.42 Å². The van der Waals surface area contributed by atoms with E-state index in [1.54, 1.807) is 6.07 Å². The first kappa shape index (κ1) is 9.79. The van der Waals surface area contributed by atoms with Crippen molar-refractivity contribution in [2.45, 2.75) is 12.5 Å². The largest absolute Gasteiger partial charge is 0.388 e. The van der Waals surface area contributed by atoms with Gasteiger partial charge >= 0.3 is 0 Å². The molecular weight excluding hydrogens is 162 g/mol. The van der Waals surface area contributed by atoms with Crippen LogP contribution in [0.4, 0.5) is 0 Å². The summed E-state index contributed by atoms with van der Waals surface area (Å²) >= 11 is 0. The first-order valence-corrected chi connectivity index (χ1v) is 4.22. The molecule has 1 aromatic rings. The number of hydrogen-bond acceptors (Lipinski definition) is 2. The molecule has 0 radical (unpaired) electrons. The minimum atomic E-state index is -0.502. The molecule has 0 aromatic heterocycles. The van der Waals surface area contributed by atoms with E-state index in [9.17, 15) is 5.11 Å². The lowest BCUT2D eigenvalue weighted by molar-refractivity contribution is 0.170. The van der Waals surface area contributed by atoms with Gasteiger partial charge in [0.2, 0.25) is 0 Å². The van der Waals surface area contributed by atoms with E-state index in [1.165, 1.54) is 0 Å². The Kier molecular flexibility index (Phi) is 3.51. The number of aliphatic hydroxyl groups excluding tert-OH is 1. The van der Waals surface area contributed by atoms with Crippen LogP contribution >= 0.6 is 0 Å². The highest BCUT2D eigenvalue weighted by Gasteiger charge is 2.05. The summed E-state index contributed by atoms with van der Waals surface area (Å²) in [5.74, 6) is 2.52. The molecule has 0 bridgehead atoms. The van der Waals surface area contributed by atoms with Gasteiger partial charge in [-0.2, -0.15) is 0 Å². The average molecular weight is 175 g/mol. The maximum Gasteiger partial charge on any atom is 0.0802 e. The normalized spacial score (nSPS) is 12.1. The third-order valence-corrected chi connectivity index (χ3v) is 1.88. The third kappa shape index (κ3) is 2.59. The van der Waals surface area contributed by atoms with Gasteiger partial charge in [0.15, 0.2) is 0 Å². The first-order chi connectivity index (χ1) is 6.27. The number of nitrogens with two attached hydrogens (primary N) is 1. The molecule has 0 aliphatic rings. The lowest BCUT2D eigenvalue weighted by atomic mass is 10.0. The van der Waals surface area contributed by atoms with E-state index in [4.69, 9.17) is 12.2 Å². The second-order valence-corrected chi connectivity index (χ2v) is 2.86. The van der Waals surface area contributed by atoms with Crippen LogP contribution in [0.2, 0.25) is 0 Å². The van der Waals surface area contributed by atoms with Gasteiger partial charge < -0.3 is 10.8 Å². The van der Waals surface area contributed by atoms with Crippen LogP contribution in [0.3, 0.4) is 0 Å². The Labute approximate surface area is 78.4 Å². The predicted octanol–water partition coefficient (Wildman–Crippen LogP) is 1.05. The second kappa shape index (κ2) is 4.66. The van der Waals surface area contributed by atoms with Crippen LogP contribution in [0.5, 0.6) is 0 Å². The van der Waals surface area contributed by atoms with Crippen molar-refractivity contribution in [3.63, 3.8) is 0 Å². The fraction of sp³-hybridized carbons (Fsp3) is 0.273. The van der Waals surface area contributed by atoms with Crippen molar-refractivity contribution < 1.29 is 5.11 Å². The summed E-state index contributed by atoms with van der Waals surface area (Å²) in [6.45, 7) is 0.474. The van der Waals surface area contributed by atoms with Crippen molar-refractivity contribution in [1.29, 1.82) is 0 Å². The van der Waals surface area contributed by atoms with Crippen LogP contribution in [-0.2, 0) is 0 Å². The standard InChI is InChI=1S/C11H13NO/c1-2-9-4-3-5-10(8-9)11(13)6-7-12/h1,3-5,8,11,13H,6-7,12H2/t11-/m1/s1. The quantitative estimate of drug-likeness (QED) is 0.674. The van der Waals surface area contributed by atoms with Gasteiger partial charge in [0, 0.05) is 5.56 Å². The van der Waals surface area contributed by atoms with Gasteiger partial charge in [0.25, 0.3) is 0 Å². The van der Waals surface area contributed by atoms with E-state index in [1.807, 2.05) is 18.2 Å². The molecule has 2 nitrogen and oxygen atoms in total. The zero-order chi connectivity index (χ0) is 9.68. The molecule has 1 atom stereocenters. The zero-order valence-electron chi connectivity index (χ0n) is 7.40. The Morgan fingerprint density at radius 1 is 1.54 bits per heavy atom. The highest BCUT2D eigenvalue weighted by Crippen LogP contribution is 2.16. The van der Waals surface area contributed by atoms with E-state index in [-0.39, 0.29) is 0 Å². The van der Waals surface area contributed by atoms with Gasteiger partial charge in [-0.1, -0.05) is 18.1 Å². The van der Waals surface area contributed by atoms with Gasteiger partial charge in [-0.25, -0.2) is 0 Å². The van der Waals surface area contributed by atoms with Gasteiger partial charge in [0.1, 0.15) is 0 Å². The SMILES string of the molecule is C#Cc1cccc([C@H](O)CCN)c1. The third-order valence-electron chi connectivity index (χ3n) is 1.88. The monoisotopic (exact) mass is 175 g/mol. The second-order valence-electron chi connectivity index (χ2n) is 2.86. The molecule has 0 aliphatic heterocycles. The number of terminal acetylenes is 1. The van der Waals surface area contributed by atoms with Crippen molar-refractivity contribution >= 4 is 0 Å². The van der Waals surface area contributed by atoms with Crippen molar-refractivity contribution in [1.82, 2.24) is 0 Å². The molecule has 0 fully saturated rings. The van der Waals surface area contributed by atoms with E-state index < -0.39 is 6.10 Å². The lowest BCUT2D eigenvalue weighted by Gasteiger charge is -2.09. The maximum atomic E-state index is 9.59. The van der Waals surface area contributed by atoms with Gasteiger partial charge in [-0.05, 0) is 30.7 Å². The van der Waals surface area contributed by atoms with Crippen LogP contribution in [0.1, 0.15) is 23.7 Å². The summed E-state index contributed by atoms with van der Waals surface area (Å²) in [4.78, 5) is 0. The van der Waals surface area contributed by atoms with Crippen molar-refractivity contribution in [2.24, 2.45) is 5.73 Å². The summed E-state index contributed by atoms with van der Waals surface area (Å²) < 4.78 is 0. The molecule has 1 rings (SSSR count). The number of hydrogen-bond donors (Lipinski definition) is 2. The zero-order valence-corrected chi connectivity index (χ0v) is 7.40. The smallest absolute Gasteiger partial charge is 0.0802 e. The van der Waals surface area contributed by atoms with Crippen LogP contribution in [-0.4, -0.2) is 11.7 Å². The number of benzene rings is 1. The van der Waals surface area contributed by atoms with E-state index in [0.29, 0.717) is 13.0 Å². The van der Waals surface area contributed by atoms with E-state index in [2.05, 4.69) is 5.92 Å². The molecule has 13 heavy (non-hydrogen) atoms. The summed E-state index contributed by atoms with van der Waals surface area (Å²) in [5, 5.41) is 9.59. The Morgan fingerprint density at radius 2 is 2.31 bits per heavy atom. The molecule has 0 saturated heterocycles. The molecule has 68 valence electrons. The fourth-order valence-corrected chi connectivity index (χ4v) is 1.16. The van der Waals surface area contributed by atoms with Crippen LogP contribution in [0.15, 0.2) is 24.3 Å². The van der Waals surface area contributed by atoms with Crippen LogP contribution in [0.25, 0.3) is 0 Å². The molecular formula is C11H13NO. The molecule has 2 heteroatoms. The Bertz CT molecular complexity index is 314. The minimum Gasteiger partial charge on any atom is -0.388 e. The highest BCUT2D eigenvalue weighted by molar-refractivity contribution is 5.36. The van der Waals surface area contributed by atoms with Crippen LogP contribution < -0.4 is 5.73 Å². The van der Waals surface area contributed by atoms with Gasteiger partial charge in [-0.3, -0.25) is 0 Å². The molecule has 0 heterocycles. The molecule has 0 saturated carbocycles. The highest BCUT2D eigenvalue weighted by atomic mass is 16.3. The first-order valence-electron chi connectivity index (χ1n) is 4.22. The molecule has 1 aromatic carbocycles. The minimum absolute atomic E-state index is 0.474. The summed E-state index contributed by atoms with van der Waals surface area (Å²) in [7, 11) is 0. The maximum absolute atomic E-state index is 9.59. The van der Waals surface area contributed by atoms with E-state index in [0.717, 1.165) is 11.1 Å². The number of rotatable bonds is 3. The average Bonchev–Trinajstić information content (AvgIpc) is 2.18. The molecule has 0 spiro atoms. The van der Waals surface area contributed by atoms with Crippen LogP contribution in [0, 0.1) is 12.3 Å². The predicted molar refractivity (Wildman–Crippen MR) is 53.0 cm³/mol. The molecule has 0 amide bonds. The molecule has 3 N–H and O–H groups in total. The van der Waals surface area contributed by atoms with Crippen molar-refractivity contribution in [3.8, 4) is 12.3 Å². The Morgan fingerprint density at radius 3 is 2.92 bits per heavy atom. The lowest BCUT2D eigenvalue weighted by Crippen LogP contribution is -2.06. The molecule has 0 aliphatic carbocycles. The Balaban J connectivity index is 2.83. The summed E-state index contributed by atoms with van der Waals surface area (Å²) in [5.41, 5.74) is 6.96. The fourth-order valence-electron chi connectivity index (χ4n) is 1.16. The van der Waals surface area contributed by atoms with Gasteiger partial charge in [0.05, 0.1) is 6.10 Å². The Hall–Kier alpha value is -1.30. The molecule has 0 unspecified atom stereocenters.